The van der Waals surface area contributed by atoms with Crippen molar-refractivity contribution in [3.63, 3.8) is 0 Å². The molecule has 1 aromatic heterocycles. The maximum absolute atomic E-state index is 11.4. The minimum Gasteiger partial charge on any atom is -0.466 e. The van der Waals surface area contributed by atoms with Gasteiger partial charge in [-0.15, -0.1) is 0 Å². The molecule has 6 nitrogen and oxygen atoms in total. The predicted molar refractivity (Wildman–Crippen MR) is 78.7 cm³/mol. The van der Waals surface area contributed by atoms with Crippen molar-refractivity contribution >= 4 is 17.6 Å². The van der Waals surface area contributed by atoms with Gasteiger partial charge in [-0.1, -0.05) is 12.1 Å². The number of aromatic nitrogens is 2. The monoisotopic (exact) mass is 287 g/mol. The van der Waals surface area contributed by atoms with Gasteiger partial charge in [-0.25, -0.2) is 4.98 Å². The fourth-order valence-electron chi connectivity index (χ4n) is 1.88. The zero-order valence-electron chi connectivity index (χ0n) is 12.0. The summed E-state index contributed by atoms with van der Waals surface area (Å²) in [6, 6.07) is 7.35. The van der Waals surface area contributed by atoms with Crippen LogP contribution in [0.15, 0.2) is 30.5 Å². The van der Waals surface area contributed by atoms with Gasteiger partial charge in [0.05, 0.1) is 18.5 Å². The number of nitrogens with zero attached hydrogens (tertiary/aromatic N) is 1. The predicted octanol–water partition coefficient (Wildman–Crippen LogP) is 2.14. The van der Waals surface area contributed by atoms with Gasteiger partial charge in [0, 0.05) is 12.6 Å². The molecule has 6 heteroatoms. The lowest BCUT2D eigenvalue weighted by Gasteiger charge is -2.03. The molecule has 0 fully saturated rings. The molecule has 2 rings (SSSR count). The van der Waals surface area contributed by atoms with Crippen LogP contribution >= 0.6 is 0 Å². The molecular formula is C15H17N3O3. The van der Waals surface area contributed by atoms with Crippen LogP contribution in [-0.2, 0) is 20.7 Å². The second kappa shape index (κ2) is 6.69. The van der Waals surface area contributed by atoms with Crippen molar-refractivity contribution in [3.05, 3.63) is 36.3 Å². The average Bonchev–Trinajstić information content (AvgIpc) is 2.87. The SMILES string of the molecule is CCOC(=O)Cc1ncc(-c2ccc(NC(C)=O)cc2)[nH]1. The van der Waals surface area contributed by atoms with Crippen LogP contribution in [0.2, 0.25) is 0 Å². The van der Waals surface area contributed by atoms with Gasteiger partial charge in [0.2, 0.25) is 5.91 Å². The molecule has 21 heavy (non-hydrogen) atoms. The van der Waals surface area contributed by atoms with E-state index in [2.05, 4.69) is 15.3 Å². The van der Waals surface area contributed by atoms with Crippen molar-refractivity contribution in [1.29, 1.82) is 0 Å². The Hall–Kier alpha value is -2.63. The maximum atomic E-state index is 11.4. The molecule has 0 saturated carbocycles. The van der Waals surface area contributed by atoms with E-state index in [1.54, 1.807) is 13.1 Å². The van der Waals surface area contributed by atoms with Crippen molar-refractivity contribution < 1.29 is 14.3 Å². The lowest BCUT2D eigenvalue weighted by molar-refractivity contribution is -0.142. The molecule has 0 saturated heterocycles. The first-order valence-electron chi connectivity index (χ1n) is 6.66. The Balaban J connectivity index is 2.07. The van der Waals surface area contributed by atoms with Crippen LogP contribution in [-0.4, -0.2) is 28.5 Å². The fraction of sp³-hybridized carbons (Fsp3) is 0.267. The van der Waals surface area contributed by atoms with E-state index in [4.69, 9.17) is 4.74 Å². The maximum Gasteiger partial charge on any atom is 0.313 e. The van der Waals surface area contributed by atoms with Gasteiger partial charge in [-0.3, -0.25) is 9.59 Å². The Morgan fingerprint density at radius 2 is 2.00 bits per heavy atom. The Morgan fingerprint density at radius 3 is 2.62 bits per heavy atom. The molecule has 2 aromatic rings. The third kappa shape index (κ3) is 4.17. The highest BCUT2D eigenvalue weighted by atomic mass is 16.5. The van der Waals surface area contributed by atoms with E-state index < -0.39 is 0 Å². The summed E-state index contributed by atoms with van der Waals surface area (Å²) in [4.78, 5) is 29.6. The molecule has 0 aliphatic carbocycles. The Labute approximate surface area is 122 Å². The third-order valence-electron chi connectivity index (χ3n) is 2.76. The number of imidazole rings is 1. The summed E-state index contributed by atoms with van der Waals surface area (Å²) in [7, 11) is 0. The minimum atomic E-state index is -0.306. The molecule has 0 aliphatic heterocycles. The molecule has 0 unspecified atom stereocenters. The first kappa shape index (κ1) is 14.8. The average molecular weight is 287 g/mol. The summed E-state index contributed by atoms with van der Waals surface area (Å²) in [5.41, 5.74) is 2.47. The van der Waals surface area contributed by atoms with Gasteiger partial charge in [-0.05, 0) is 24.6 Å². The van der Waals surface area contributed by atoms with E-state index >= 15 is 0 Å². The number of aromatic amines is 1. The molecular weight excluding hydrogens is 270 g/mol. The molecule has 0 spiro atoms. The number of nitrogens with one attached hydrogen (secondary N) is 2. The largest absolute Gasteiger partial charge is 0.466 e. The van der Waals surface area contributed by atoms with Gasteiger partial charge in [0.15, 0.2) is 0 Å². The van der Waals surface area contributed by atoms with Crippen LogP contribution in [0.1, 0.15) is 19.7 Å². The number of hydrogen-bond acceptors (Lipinski definition) is 4. The fourth-order valence-corrected chi connectivity index (χ4v) is 1.88. The van der Waals surface area contributed by atoms with Crippen LogP contribution in [0.3, 0.4) is 0 Å². The number of esters is 1. The van der Waals surface area contributed by atoms with Crippen LogP contribution in [0.5, 0.6) is 0 Å². The number of amides is 1. The van der Waals surface area contributed by atoms with Crippen LogP contribution < -0.4 is 5.32 Å². The number of anilines is 1. The summed E-state index contributed by atoms with van der Waals surface area (Å²) >= 11 is 0. The number of carbonyl (C=O) groups excluding carboxylic acids is 2. The number of ether oxygens (including phenoxy) is 1. The van der Waals surface area contributed by atoms with E-state index in [1.165, 1.54) is 6.92 Å². The summed E-state index contributed by atoms with van der Waals surface area (Å²) in [5.74, 6) is 0.148. The smallest absolute Gasteiger partial charge is 0.313 e. The third-order valence-corrected chi connectivity index (χ3v) is 2.76. The summed E-state index contributed by atoms with van der Waals surface area (Å²) in [6.45, 7) is 3.59. The van der Waals surface area contributed by atoms with Gasteiger partial charge < -0.3 is 15.0 Å². The molecule has 0 atom stereocenters. The number of hydrogen-bond donors (Lipinski definition) is 2. The molecule has 1 aromatic carbocycles. The summed E-state index contributed by atoms with van der Waals surface area (Å²) in [5, 5.41) is 2.70. The summed E-state index contributed by atoms with van der Waals surface area (Å²) in [6.07, 6.45) is 1.79. The quantitative estimate of drug-likeness (QED) is 0.825. The highest BCUT2D eigenvalue weighted by Gasteiger charge is 2.09. The van der Waals surface area contributed by atoms with E-state index in [1.807, 2.05) is 24.3 Å². The standard InChI is InChI=1S/C15H17N3O3/c1-3-21-15(20)8-14-16-9-13(18-14)11-4-6-12(7-5-11)17-10(2)19/h4-7,9H,3,8H2,1-2H3,(H,16,18)(H,17,19). The van der Waals surface area contributed by atoms with Gasteiger partial charge >= 0.3 is 5.97 Å². The van der Waals surface area contributed by atoms with E-state index in [0.717, 1.165) is 16.9 Å². The molecule has 1 heterocycles. The highest BCUT2D eigenvalue weighted by molar-refractivity contribution is 5.88. The first-order valence-corrected chi connectivity index (χ1v) is 6.66. The van der Waals surface area contributed by atoms with Gasteiger partial charge in [-0.2, -0.15) is 0 Å². The minimum absolute atomic E-state index is 0.110. The molecule has 0 radical (unpaired) electrons. The van der Waals surface area contributed by atoms with Crippen LogP contribution in [0.25, 0.3) is 11.3 Å². The van der Waals surface area contributed by atoms with Crippen molar-refractivity contribution in [2.45, 2.75) is 20.3 Å². The number of benzene rings is 1. The molecule has 110 valence electrons. The molecule has 0 bridgehead atoms. The Kier molecular flexibility index (Phi) is 4.71. The highest BCUT2D eigenvalue weighted by Crippen LogP contribution is 2.19. The van der Waals surface area contributed by atoms with Crippen molar-refractivity contribution in [3.8, 4) is 11.3 Å². The molecule has 2 N–H and O–H groups in total. The van der Waals surface area contributed by atoms with Crippen LogP contribution in [0.4, 0.5) is 5.69 Å². The summed E-state index contributed by atoms with van der Waals surface area (Å²) < 4.78 is 4.87. The van der Waals surface area contributed by atoms with E-state index in [0.29, 0.717) is 12.4 Å². The zero-order chi connectivity index (χ0) is 15.2. The molecule has 1 amide bonds. The first-order chi connectivity index (χ1) is 10.1. The number of rotatable bonds is 5. The second-order valence-corrected chi connectivity index (χ2v) is 4.48. The number of H-pyrrole nitrogens is 1. The Morgan fingerprint density at radius 1 is 1.29 bits per heavy atom. The Bertz CT molecular complexity index is 632. The van der Waals surface area contributed by atoms with Crippen molar-refractivity contribution in [2.75, 3.05) is 11.9 Å². The zero-order valence-corrected chi connectivity index (χ0v) is 12.0. The second-order valence-electron chi connectivity index (χ2n) is 4.48. The van der Waals surface area contributed by atoms with Crippen molar-refractivity contribution in [1.82, 2.24) is 9.97 Å². The lowest BCUT2D eigenvalue weighted by Crippen LogP contribution is -2.08. The molecule has 0 aliphatic rings. The van der Waals surface area contributed by atoms with Crippen LogP contribution in [0, 0.1) is 0 Å². The van der Waals surface area contributed by atoms with Gasteiger partial charge in [0.1, 0.15) is 12.2 Å². The van der Waals surface area contributed by atoms with E-state index in [-0.39, 0.29) is 18.3 Å². The van der Waals surface area contributed by atoms with Crippen molar-refractivity contribution in [2.24, 2.45) is 0 Å². The van der Waals surface area contributed by atoms with Gasteiger partial charge in [0.25, 0.3) is 0 Å². The number of carbonyl (C=O) groups is 2. The topological polar surface area (TPSA) is 84.1 Å². The normalized spacial score (nSPS) is 10.2. The lowest BCUT2D eigenvalue weighted by atomic mass is 10.1. The van der Waals surface area contributed by atoms with E-state index in [9.17, 15) is 9.59 Å².